The van der Waals surface area contributed by atoms with Gasteiger partial charge in [0.15, 0.2) is 5.69 Å². The number of hydrogen-bond acceptors (Lipinski definition) is 3. The zero-order valence-electron chi connectivity index (χ0n) is 14.4. The number of rotatable bonds is 4. The Labute approximate surface area is 144 Å². The Morgan fingerprint density at radius 3 is 2.72 bits per heavy atom. The number of halogens is 1. The summed E-state index contributed by atoms with van der Waals surface area (Å²) in [5.41, 5.74) is 2.90. The molecule has 1 N–H and O–H groups in total. The largest absolute Gasteiger partial charge is 0.480 e. The summed E-state index contributed by atoms with van der Waals surface area (Å²) in [6.07, 6.45) is 2.25. The Morgan fingerprint density at radius 2 is 2.08 bits per heavy atom. The molecule has 25 heavy (non-hydrogen) atoms. The number of benzene rings is 1. The first-order chi connectivity index (χ1) is 11.8. The third-order valence-corrected chi connectivity index (χ3v) is 4.79. The van der Waals surface area contributed by atoms with Gasteiger partial charge in [0.25, 0.3) is 5.91 Å². The minimum atomic E-state index is -1.09. The van der Waals surface area contributed by atoms with Gasteiger partial charge in [0.2, 0.25) is 0 Å². The lowest BCUT2D eigenvalue weighted by atomic mass is 10.1. The number of para-hydroxylation sites is 1. The van der Waals surface area contributed by atoms with Crippen LogP contribution in [-0.2, 0) is 17.6 Å². The Balaban J connectivity index is 2.10. The molecule has 7 heteroatoms. The van der Waals surface area contributed by atoms with Crippen molar-refractivity contribution in [3.63, 3.8) is 0 Å². The van der Waals surface area contributed by atoms with Crippen molar-refractivity contribution in [2.45, 2.75) is 39.2 Å². The van der Waals surface area contributed by atoms with Crippen LogP contribution in [0.4, 0.5) is 4.39 Å². The van der Waals surface area contributed by atoms with E-state index in [9.17, 15) is 14.0 Å². The summed E-state index contributed by atoms with van der Waals surface area (Å²) >= 11 is 0. The molecule has 0 radical (unpaired) electrons. The zero-order valence-corrected chi connectivity index (χ0v) is 14.4. The van der Waals surface area contributed by atoms with Crippen LogP contribution in [-0.4, -0.2) is 44.8 Å². The summed E-state index contributed by atoms with van der Waals surface area (Å²) in [6.45, 7) is 3.24. The number of fused-ring (bicyclic) bond motifs is 1. The van der Waals surface area contributed by atoms with Crippen LogP contribution in [0.25, 0.3) is 5.69 Å². The Morgan fingerprint density at radius 1 is 1.36 bits per heavy atom. The van der Waals surface area contributed by atoms with Gasteiger partial charge in [0.05, 0.1) is 0 Å². The summed E-state index contributed by atoms with van der Waals surface area (Å²) in [7, 11) is 1.44. The number of aliphatic carboxylic acids is 1. The first kappa shape index (κ1) is 17.1. The summed E-state index contributed by atoms with van der Waals surface area (Å²) < 4.78 is 15.9. The maximum Gasteiger partial charge on any atom is 0.326 e. The second-order valence-electron chi connectivity index (χ2n) is 6.37. The van der Waals surface area contributed by atoms with E-state index in [1.165, 1.54) is 24.7 Å². The van der Waals surface area contributed by atoms with E-state index in [0.29, 0.717) is 18.5 Å². The van der Waals surface area contributed by atoms with Gasteiger partial charge < -0.3 is 10.0 Å². The van der Waals surface area contributed by atoms with Crippen LogP contribution < -0.4 is 0 Å². The summed E-state index contributed by atoms with van der Waals surface area (Å²) in [5, 5.41) is 13.5. The zero-order chi connectivity index (χ0) is 18.3. The molecule has 1 aliphatic carbocycles. The lowest BCUT2D eigenvalue weighted by Gasteiger charge is -2.20. The van der Waals surface area contributed by atoms with Gasteiger partial charge in [-0.25, -0.2) is 13.9 Å². The molecule has 3 rings (SSSR count). The number of carboxylic acid groups (broad SMARTS) is 1. The monoisotopic (exact) mass is 345 g/mol. The molecule has 1 unspecified atom stereocenters. The SMILES string of the molecule is Cc1cccc(F)c1-n1nc(C(=O)N(C)C(C)C(=O)O)c2c1CCC2. The van der Waals surface area contributed by atoms with E-state index >= 15 is 0 Å². The maximum atomic E-state index is 14.4. The fraction of sp³-hybridized carbons (Fsp3) is 0.389. The molecule has 1 atom stereocenters. The van der Waals surface area contributed by atoms with E-state index in [0.717, 1.165) is 28.1 Å². The van der Waals surface area contributed by atoms with Crippen LogP contribution in [0.3, 0.4) is 0 Å². The first-order valence-electron chi connectivity index (χ1n) is 8.19. The third-order valence-electron chi connectivity index (χ3n) is 4.79. The number of carboxylic acids is 1. The van der Waals surface area contributed by atoms with Gasteiger partial charge in [0.1, 0.15) is 17.5 Å². The van der Waals surface area contributed by atoms with E-state index < -0.39 is 23.7 Å². The van der Waals surface area contributed by atoms with Crippen molar-refractivity contribution in [2.75, 3.05) is 7.05 Å². The van der Waals surface area contributed by atoms with Crippen LogP contribution in [0.1, 0.15) is 40.7 Å². The summed E-state index contributed by atoms with van der Waals surface area (Å²) in [4.78, 5) is 25.1. The number of carbonyl (C=O) groups excluding carboxylic acids is 1. The first-order valence-corrected chi connectivity index (χ1v) is 8.19. The average molecular weight is 345 g/mol. The maximum absolute atomic E-state index is 14.4. The van der Waals surface area contributed by atoms with E-state index in [4.69, 9.17) is 5.11 Å². The molecule has 1 aromatic carbocycles. The Kier molecular flexibility index (Phi) is 4.32. The fourth-order valence-electron chi connectivity index (χ4n) is 3.19. The molecule has 1 heterocycles. The molecule has 6 nitrogen and oxygen atoms in total. The van der Waals surface area contributed by atoms with Crippen molar-refractivity contribution >= 4 is 11.9 Å². The van der Waals surface area contributed by atoms with Crippen molar-refractivity contribution < 1.29 is 19.1 Å². The van der Waals surface area contributed by atoms with Gasteiger partial charge >= 0.3 is 5.97 Å². The molecule has 0 spiro atoms. The molecule has 1 amide bonds. The van der Waals surface area contributed by atoms with E-state index in [2.05, 4.69) is 5.10 Å². The van der Waals surface area contributed by atoms with E-state index in [-0.39, 0.29) is 5.69 Å². The third kappa shape index (κ3) is 2.79. The highest BCUT2D eigenvalue weighted by atomic mass is 19.1. The van der Waals surface area contributed by atoms with Gasteiger partial charge in [-0.05, 0) is 44.7 Å². The number of amides is 1. The fourth-order valence-corrected chi connectivity index (χ4v) is 3.19. The van der Waals surface area contributed by atoms with Crippen LogP contribution >= 0.6 is 0 Å². The molecule has 2 aromatic rings. The molecular formula is C18H20FN3O3. The number of likely N-dealkylation sites (N-methyl/N-ethyl adjacent to an activating group) is 1. The number of nitrogens with zero attached hydrogens (tertiary/aromatic N) is 3. The van der Waals surface area contributed by atoms with Crippen LogP contribution in [0.15, 0.2) is 18.2 Å². The minimum absolute atomic E-state index is 0.214. The number of aryl methyl sites for hydroxylation is 1. The molecule has 1 aromatic heterocycles. The molecule has 0 saturated carbocycles. The molecule has 132 valence electrons. The van der Waals surface area contributed by atoms with E-state index in [1.807, 2.05) is 0 Å². The predicted molar refractivity (Wildman–Crippen MR) is 89.5 cm³/mol. The van der Waals surface area contributed by atoms with Crippen molar-refractivity contribution in [1.29, 1.82) is 0 Å². The topological polar surface area (TPSA) is 75.4 Å². The molecule has 0 fully saturated rings. The number of aromatic nitrogens is 2. The quantitative estimate of drug-likeness (QED) is 0.923. The van der Waals surface area contributed by atoms with Crippen LogP contribution in [0.2, 0.25) is 0 Å². The van der Waals surface area contributed by atoms with Gasteiger partial charge in [-0.1, -0.05) is 12.1 Å². The second-order valence-corrected chi connectivity index (χ2v) is 6.37. The standard InChI is InChI=1S/C18H20FN3O3/c1-10-6-4-8-13(19)16(10)22-14-9-5-7-12(14)15(20-22)17(23)21(3)11(2)18(24)25/h4,6,8,11H,5,7,9H2,1-3H3,(H,24,25). The van der Waals surface area contributed by atoms with Gasteiger partial charge in [-0.2, -0.15) is 5.10 Å². The van der Waals surface area contributed by atoms with E-state index in [1.54, 1.807) is 19.1 Å². The predicted octanol–water partition coefficient (Wildman–Crippen LogP) is 2.35. The van der Waals surface area contributed by atoms with Crippen molar-refractivity contribution in [3.8, 4) is 5.69 Å². The highest BCUT2D eigenvalue weighted by molar-refractivity contribution is 5.96. The van der Waals surface area contributed by atoms with Gasteiger partial charge in [-0.3, -0.25) is 4.79 Å². The summed E-state index contributed by atoms with van der Waals surface area (Å²) in [5.74, 6) is -1.94. The highest BCUT2D eigenvalue weighted by Crippen LogP contribution is 2.30. The number of carbonyl (C=O) groups is 2. The molecule has 0 aliphatic heterocycles. The Hall–Kier alpha value is -2.70. The van der Waals surface area contributed by atoms with Crippen molar-refractivity contribution in [3.05, 3.63) is 46.5 Å². The summed E-state index contributed by atoms with van der Waals surface area (Å²) in [6, 6.07) is 3.82. The second kappa shape index (κ2) is 6.31. The molecular weight excluding hydrogens is 325 g/mol. The highest BCUT2D eigenvalue weighted by Gasteiger charge is 2.32. The molecule has 1 aliphatic rings. The van der Waals surface area contributed by atoms with Crippen molar-refractivity contribution in [1.82, 2.24) is 14.7 Å². The van der Waals surface area contributed by atoms with Gasteiger partial charge in [-0.15, -0.1) is 0 Å². The number of hydrogen-bond donors (Lipinski definition) is 1. The Bertz CT molecular complexity index is 839. The molecule has 0 bridgehead atoms. The van der Waals surface area contributed by atoms with Crippen LogP contribution in [0, 0.1) is 12.7 Å². The minimum Gasteiger partial charge on any atom is -0.480 e. The van der Waals surface area contributed by atoms with Gasteiger partial charge in [0, 0.05) is 18.3 Å². The van der Waals surface area contributed by atoms with Crippen LogP contribution in [0.5, 0.6) is 0 Å². The lowest BCUT2D eigenvalue weighted by Crippen LogP contribution is -2.40. The molecule has 0 saturated heterocycles. The lowest BCUT2D eigenvalue weighted by molar-refractivity contribution is -0.141. The normalized spacial score (nSPS) is 14.2. The van der Waals surface area contributed by atoms with Crippen molar-refractivity contribution in [2.24, 2.45) is 0 Å². The smallest absolute Gasteiger partial charge is 0.326 e. The average Bonchev–Trinajstić information content (AvgIpc) is 3.16.